The highest BCUT2D eigenvalue weighted by Gasteiger charge is 2.09. The molecule has 0 aromatic heterocycles. The minimum absolute atomic E-state index is 1.06. The van der Waals surface area contributed by atoms with E-state index in [1.807, 2.05) is 18.2 Å². The molecule has 0 fully saturated rings. The summed E-state index contributed by atoms with van der Waals surface area (Å²) in [7, 11) is 0. The zero-order valence-electron chi connectivity index (χ0n) is 9.03. The Morgan fingerprint density at radius 1 is 0.938 bits per heavy atom. The molecular weight excluding hydrogens is 196 g/mol. The van der Waals surface area contributed by atoms with Crippen LogP contribution >= 0.6 is 0 Å². The fourth-order valence-corrected chi connectivity index (χ4v) is 2.07. The third-order valence-corrected chi connectivity index (χ3v) is 2.88. The van der Waals surface area contributed by atoms with Crippen LogP contribution in [0.25, 0.3) is 0 Å². The van der Waals surface area contributed by atoms with Crippen molar-refractivity contribution in [3.63, 3.8) is 0 Å². The van der Waals surface area contributed by atoms with Crippen molar-refractivity contribution in [1.82, 2.24) is 0 Å². The Kier molecular flexibility index (Phi) is 2.26. The maximum absolute atomic E-state index is 3.41. The molecule has 1 aliphatic heterocycles. The molecule has 2 heteroatoms. The summed E-state index contributed by atoms with van der Waals surface area (Å²) in [5.74, 6) is 0. The Balaban J connectivity index is 1.86. The minimum atomic E-state index is 1.06. The van der Waals surface area contributed by atoms with Gasteiger partial charge in [0.1, 0.15) is 0 Å². The molecule has 2 N–H and O–H groups in total. The number of hydrogen-bond donors (Lipinski definition) is 2. The Bertz CT molecular complexity index is 491. The lowest BCUT2D eigenvalue weighted by Gasteiger charge is -2.08. The van der Waals surface area contributed by atoms with Gasteiger partial charge in [0.2, 0.25) is 0 Å². The first kappa shape index (κ1) is 9.28. The number of benzene rings is 2. The van der Waals surface area contributed by atoms with Crippen LogP contribution < -0.4 is 10.6 Å². The highest BCUT2D eigenvalue weighted by Crippen LogP contribution is 2.26. The molecule has 2 aromatic carbocycles. The molecule has 0 amide bonds. The van der Waals surface area contributed by atoms with E-state index in [9.17, 15) is 0 Å². The molecule has 0 spiro atoms. The third kappa shape index (κ3) is 1.74. The van der Waals surface area contributed by atoms with Gasteiger partial charge in [0.05, 0.1) is 0 Å². The minimum Gasteiger partial charge on any atom is -0.384 e. The normalized spacial score (nSPS) is 13.0. The number of hydrogen-bond acceptors (Lipinski definition) is 2. The molecular formula is C14H14N2. The van der Waals surface area contributed by atoms with Crippen molar-refractivity contribution >= 4 is 17.1 Å². The molecule has 1 aliphatic rings. The maximum atomic E-state index is 3.41. The Morgan fingerprint density at radius 2 is 1.81 bits per heavy atom. The van der Waals surface area contributed by atoms with E-state index in [0.717, 1.165) is 24.3 Å². The Labute approximate surface area is 95.3 Å². The van der Waals surface area contributed by atoms with Gasteiger partial charge in [-0.25, -0.2) is 0 Å². The molecule has 0 saturated carbocycles. The van der Waals surface area contributed by atoms with Gasteiger partial charge >= 0.3 is 0 Å². The first-order valence-electron chi connectivity index (χ1n) is 5.61. The quantitative estimate of drug-likeness (QED) is 0.793. The van der Waals surface area contributed by atoms with Crippen LogP contribution in [0, 0.1) is 0 Å². The molecule has 0 atom stereocenters. The molecule has 0 unspecified atom stereocenters. The van der Waals surface area contributed by atoms with Gasteiger partial charge in [-0.15, -0.1) is 0 Å². The first-order chi connectivity index (χ1) is 7.92. The van der Waals surface area contributed by atoms with E-state index in [2.05, 4.69) is 41.0 Å². The largest absolute Gasteiger partial charge is 0.384 e. The van der Waals surface area contributed by atoms with Crippen molar-refractivity contribution in [3.8, 4) is 0 Å². The van der Waals surface area contributed by atoms with Crippen LogP contribution in [0.3, 0.4) is 0 Å². The molecule has 1 heterocycles. The fourth-order valence-electron chi connectivity index (χ4n) is 2.07. The molecule has 0 aliphatic carbocycles. The van der Waals surface area contributed by atoms with Gasteiger partial charge in [-0.05, 0) is 42.3 Å². The van der Waals surface area contributed by atoms with Crippen molar-refractivity contribution in [1.29, 1.82) is 0 Å². The van der Waals surface area contributed by atoms with Crippen LogP contribution in [0.15, 0.2) is 48.5 Å². The molecule has 2 nitrogen and oxygen atoms in total. The number of anilines is 3. The van der Waals surface area contributed by atoms with Gasteiger partial charge in [0.15, 0.2) is 0 Å². The topological polar surface area (TPSA) is 24.1 Å². The van der Waals surface area contributed by atoms with Crippen LogP contribution in [0.2, 0.25) is 0 Å². The lowest BCUT2D eigenvalue weighted by atomic mass is 10.1. The molecule has 2 aromatic rings. The van der Waals surface area contributed by atoms with Crippen LogP contribution in [0.1, 0.15) is 5.56 Å². The second-order valence-corrected chi connectivity index (χ2v) is 4.04. The number of fused-ring (bicyclic) bond motifs is 1. The van der Waals surface area contributed by atoms with Gasteiger partial charge in [-0.1, -0.05) is 18.2 Å². The highest BCUT2D eigenvalue weighted by atomic mass is 14.9. The van der Waals surface area contributed by atoms with Gasteiger partial charge in [-0.2, -0.15) is 0 Å². The summed E-state index contributed by atoms with van der Waals surface area (Å²) in [5, 5.41) is 6.77. The van der Waals surface area contributed by atoms with Crippen molar-refractivity contribution in [2.45, 2.75) is 6.42 Å². The van der Waals surface area contributed by atoms with Gasteiger partial charge in [0.25, 0.3) is 0 Å². The second-order valence-electron chi connectivity index (χ2n) is 4.04. The lowest BCUT2D eigenvalue weighted by Crippen LogP contribution is -1.91. The molecule has 80 valence electrons. The van der Waals surface area contributed by atoms with Gasteiger partial charge in [0, 0.05) is 23.6 Å². The monoisotopic (exact) mass is 210 g/mol. The summed E-state index contributed by atoms with van der Waals surface area (Å²) in [6, 6.07) is 16.7. The van der Waals surface area contributed by atoms with Gasteiger partial charge in [-0.3, -0.25) is 0 Å². The number of rotatable bonds is 2. The SMILES string of the molecule is c1ccc(Nc2ccc3c(c2)CCN3)cc1. The van der Waals surface area contributed by atoms with Crippen LogP contribution in [0.5, 0.6) is 0 Å². The van der Waals surface area contributed by atoms with Gasteiger partial charge < -0.3 is 10.6 Å². The summed E-state index contributed by atoms with van der Waals surface area (Å²) < 4.78 is 0. The average molecular weight is 210 g/mol. The number of para-hydroxylation sites is 1. The molecule has 3 rings (SSSR count). The van der Waals surface area contributed by atoms with E-state index >= 15 is 0 Å². The van der Waals surface area contributed by atoms with Crippen molar-refractivity contribution in [3.05, 3.63) is 54.1 Å². The zero-order valence-corrected chi connectivity index (χ0v) is 9.03. The van der Waals surface area contributed by atoms with Crippen LogP contribution in [-0.4, -0.2) is 6.54 Å². The van der Waals surface area contributed by atoms with Crippen molar-refractivity contribution in [2.24, 2.45) is 0 Å². The average Bonchev–Trinajstić information content (AvgIpc) is 2.77. The number of nitrogens with one attached hydrogen (secondary N) is 2. The Hall–Kier alpha value is -1.96. The summed E-state index contributed by atoms with van der Waals surface area (Å²) in [6.45, 7) is 1.06. The maximum Gasteiger partial charge on any atom is 0.0388 e. The summed E-state index contributed by atoms with van der Waals surface area (Å²) in [4.78, 5) is 0. The molecule has 16 heavy (non-hydrogen) atoms. The van der Waals surface area contributed by atoms with Crippen LogP contribution in [-0.2, 0) is 6.42 Å². The predicted octanol–water partition coefficient (Wildman–Crippen LogP) is 3.40. The standard InChI is InChI=1S/C14H14N2/c1-2-4-12(5-3-1)16-13-6-7-14-11(10-13)8-9-15-14/h1-7,10,15-16H,8-9H2. The Morgan fingerprint density at radius 3 is 2.69 bits per heavy atom. The van der Waals surface area contributed by atoms with E-state index in [-0.39, 0.29) is 0 Å². The summed E-state index contributed by atoms with van der Waals surface area (Å²) in [6.07, 6.45) is 1.12. The molecule has 0 bridgehead atoms. The lowest BCUT2D eigenvalue weighted by molar-refractivity contribution is 1.11. The first-order valence-corrected chi connectivity index (χ1v) is 5.61. The van der Waals surface area contributed by atoms with Crippen LogP contribution in [0.4, 0.5) is 17.1 Å². The summed E-state index contributed by atoms with van der Waals surface area (Å²) >= 11 is 0. The fraction of sp³-hybridized carbons (Fsp3) is 0.143. The highest BCUT2D eigenvalue weighted by molar-refractivity contribution is 5.66. The zero-order chi connectivity index (χ0) is 10.8. The smallest absolute Gasteiger partial charge is 0.0388 e. The van der Waals surface area contributed by atoms with E-state index in [1.54, 1.807) is 0 Å². The van der Waals surface area contributed by atoms with E-state index < -0.39 is 0 Å². The van der Waals surface area contributed by atoms with Crippen molar-refractivity contribution < 1.29 is 0 Å². The van der Waals surface area contributed by atoms with E-state index in [4.69, 9.17) is 0 Å². The van der Waals surface area contributed by atoms with E-state index in [0.29, 0.717) is 0 Å². The summed E-state index contributed by atoms with van der Waals surface area (Å²) in [5.41, 5.74) is 4.97. The van der Waals surface area contributed by atoms with Crippen molar-refractivity contribution in [2.75, 3.05) is 17.2 Å². The molecule has 0 saturated heterocycles. The third-order valence-electron chi connectivity index (χ3n) is 2.88. The second kappa shape index (κ2) is 3.89. The van der Waals surface area contributed by atoms with E-state index in [1.165, 1.54) is 11.3 Å². The predicted molar refractivity (Wildman–Crippen MR) is 68.4 cm³/mol. The molecule has 0 radical (unpaired) electrons.